The van der Waals surface area contributed by atoms with Gasteiger partial charge in [0.2, 0.25) is 0 Å². The molecule has 2 aliphatic rings. The predicted molar refractivity (Wildman–Crippen MR) is 144 cm³/mol. The normalized spacial score (nSPS) is 18.6. The van der Waals surface area contributed by atoms with Gasteiger partial charge in [-0.1, -0.05) is 118 Å². The fourth-order valence-corrected chi connectivity index (χ4v) is 6.83. The maximum atomic E-state index is 7.01. The van der Waals surface area contributed by atoms with Crippen LogP contribution in [0.15, 0.2) is 91.0 Å². The summed E-state index contributed by atoms with van der Waals surface area (Å²) in [5.74, 6) is 0. The van der Waals surface area contributed by atoms with E-state index in [4.69, 9.17) is 11.6 Å². The quantitative estimate of drug-likeness (QED) is 0.245. The summed E-state index contributed by atoms with van der Waals surface area (Å²) in [5, 5.41) is 0.834. The lowest BCUT2D eigenvalue weighted by molar-refractivity contribution is 0.331. The van der Waals surface area contributed by atoms with Crippen LogP contribution in [-0.4, -0.2) is 0 Å². The first-order valence-corrected chi connectivity index (χ1v) is 12.7. The molecule has 0 amide bonds. The van der Waals surface area contributed by atoms with Gasteiger partial charge in [-0.2, -0.15) is 0 Å². The number of rotatable bonds is 2. The van der Waals surface area contributed by atoms with Crippen LogP contribution < -0.4 is 0 Å². The standard InChI is InChI=1S/C33H31Cl/c1-31(2)18-19-32(3,4)28-21-26-24(20-27(28)31)30-25(16-11-17-29(30)34)33(26,22-12-7-5-8-13-22)23-14-9-6-10-15-23/h5-17,20-21H,18-19H2,1-4H3. The highest BCUT2D eigenvalue weighted by Crippen LogP contribution is 2.60. The first-order chi connectivity index (χ1) is 16.3. The van der Waals surface area contributed by atoms with Crippen LogP contribution in [-0.2, 0) is 16.2 Å². The highest BCUT2D eigenvalue weighted by atomic mass is 35.5. The van der Waals surface area contributed by atoms with Crippen molar-refractivity contribution in [1.29, 1.82) is 0 Å². The summed E-state index contributed by atoms with van der Waals surface area (Å²) in [5.41, 5.74) is 10.5. The molecule has 170 valence electrons. The molecule has 0 aromatic heterocycles. The van der Waals surface area contributed by atoms with Crippen LogP contribution >= 0.6 is 11.6 Å². The Balaban J connectivity index is 1.82. The molecular formula is C33H31Cl. The van der Waals surface area contributed by atoms with Gasteiger partial charge in [-0.25, -0.2) is 0 Å². The minimum atomic E-state index is -0.398. The van der Waals surface area contributed by atoms with Gasteiger partial charge in [-0.15, -0.1) is 0 Å². The first-order valence-electron chi connectivity index (χ1n) is 12.4. The van der Waals surface area contributed by atoms with Crippen molar-refractivity contribution in [3.05, 3.63) is 129 Å². The molecule has 0 saturated heterocycles. The van der Waals surface area contributed by atoms with Gasteiger partial charge in [0.05, 0.1) is 5.41 Å². The van der Waals surface area contributed by atoms with E-state index in [1.54, 1.807) is 0 Å². The average Bonchev–Trinajstić information content (AvgIpc) is 3.14. The number of benzene rings is 4. The Hall–Kier alpha value is -2.83. The van der Waals surface area contributed by atoms with Crippen molar-refractivity contribution >= 4 is 11.6 Å². The summed E-state index contributed by atoms with van der Waals surface area (Å²) >= 11 is 7.01. The lowest BCUT2D eigenvalue weighted by atomic mass is 9.61. The van der Waals surface area contributed by atoms with E-state index in [0.29, 0.717) is 0 Å². The molecule has 6 rings (SSSR count). The number of fused-ring (bicyclic) bond motifs is 4. The Morgan fingerprint density at radius 2 is 1.09 bits per heavy atom. The summed E-state index contributed by atoms with van der Waals surface area (Å²) in [6, 6.07) is 33.5. The zero-order valence-corrected chi connectivity index (χ0v) is 21.2. The van der Waals surface area contributed by atoms with E-state index in [1.165, 1.54) is 57.3 Å². The third-order valence-electron chi connectivity index (χ3n) is 8.50. The van der Waals surface area contributed by atoms with Crippen molar-refractivity contribution in [3.8, 4) is 11.1 Å². The van der Waals surface area contributed by atoms with Gasteiger partial charge >= 0.3 is 0 Å². The van der Waals surface area contributed by atoms with Crippen LogP contribution in [0.4, 0.5) is 0 Å². The Labute approximate surface area is 208 Å². The fourth-order valence-electron chi connectivity index (χ4n) is 6.55. The lowest BCUT2D eigenvalue weighted by Gasteiger charge is -2.43. The molecule has 0 heterocycles. The van der Waals surface area contributed by atoms with E-state index in [2.05, 4.69) is 113 Å². The molecule has 4 aromatic carbocycles. The van der Waals surface area contributed by atoms with Gasteiger partial charge in [0.1, 0.15) is 0 Å². The Kier molecular flexibility index (Phi) is 4.68. The number of halogens is 1. The Morgan fingerprint density at radius 1 is 0.559 bits per heavy atom. The number of hydrogen-bond donors (Lipinski definition) is 0. The summed E-state index contributed by atoms with van der Waals surface area (Å²) in [6.45, 7) is 9.62. The molecule has 0 fully saturated rings. The number of hydrogen-bond acceptors (Lipinski definition) is 0. The zero-order chi connectivity index (χ0) is 23.7. The largest absolute Gasteiger partial charge is 0.0837 e. The molecule has 0 spiro atoms. The minimum absolute atomic E-state index is 0.136. The van der Waals surface area contributed by atoms with Crippen LogP contribution in [0, 0.1) is 0 Å². The molecule has 0 radical (unpaired) electrons. The van der Waals surface area contributed by atoms with Gasteiger partial charge < -0.3 is 0 Å². The van der Waals surface area contributed by atoms with E-state index >= 15 is 0 Å². The van der Waals surface area contributed by atoms with Crippen LogP contribution in [0.2, 0.25) is 5.02 Å². The van der Waals surface area contributed by atoms with Gasteiger partial charge in [0.25, 0.3) is 0 Å². The molecule has 0 aliphatic heterocycles. The first kappa shape index (κ1) is 21.7. The van der Waals surface area contributed by atoms with Crippen LogP contribution in [0.25, 0.3) is 11.1 Å². The summed E-state index contributed by atoms with van der Waals surface area (Å²) in [7, 11) is 0. The van der Waals surface area contributed by atoms with Crippen molar-refractivity contribution in [2.24, 2.45) is 0 Å². The van der Waals surface area contributed by atoms with Gasteiger partial charge in [-0.3, -0.25) is 0 Å². The third kappa shape index (κ3) is 2.85. The Morgan fingerprint density at radius 3 is 1.65 bits per heavy atom. The van der Waals surface area contributed by atoms with Crippen LogP contribution in [0.5, 0.6) is 0 Å². The second-order valence-corrected chi connectivity index (χ2v) is 11.8. The summed E-state index contributed by atoms with van der Waals surface area (Å²) in [6.07, 6.45) is 2.40. The van der Waals surface area contributed by atoms with E-state index < -0.39 is 5.41 Å². The van der Waals surface area contributed by atoms with Gasteiger partial charge in [0.15, 0.2) is 0 Å². The van der Waals surface area contributed by atoms with Gasteiger partial charge in [0, 0.05) is 10.6 Å². The van der Waals surface area contributed by atoms with Crippen molar-refractivity contribution in [3.63, 3.8) is 0 Å². The van der Waals surface area contributed by atoms with Crippen molar-refractivity contribution in [2.45, 2.75) is 56.8 Å². The second kappa shape index (κ2) is 7.33. The highest BCUT2D eigenvalue weighted by molar-refractivity contribution is 6.34. The third-order valence-corrected chi connectivity index (χ3v) is 8.81. The molecule has 0 bridgehead atoms. The molecular weight excluding hydrogens is 432 g/mol. The predicted octanol–water partition coefficient (Wildman–Crippen LogP) is 9.05. The smallest absolute Gasteiger partial charge is 0.0714 e. The maximum Gasteiger partial charge on any atom is 0.0714 e. The second-order valence-electron chi connectivity index (χ2n) is 11.4. The molecule has 0 nitrogen and oxygen atoms in total. The molecule has 2 aliphatic carbocycles. The van der Waals surface area contributed by atoms with E-state index in [-0.39, 0.29) is 10.8 Å². The molecule has 1 heteroatoms. The van der Waals surface area contributed by atoms with Crippen LogP contribution in [0.3, 0.4) is 0 Å². The molecule has 34 heavy (non-hydrogen) atoms. The fraction of sp³-hybridized carbons (Fsp3) is 0.273. The average molecular weight is 463 g/mol. The van der Waals surface area contributed by atoms with E-state index in [9.17, 15) is 0 Å². The van der Waals surface area contributed by atoms with E-state index in [0.717, 1.165) is 5.02 Å². The van der Waals surface area contributed by atoms with Gasteiger partial charge in [-0.05, 0) is 74.7 Å². The lowest BCUT2D eigenvalue weighted by Crippen LogP contribution is -2.35. The highest BCUT2D eigenvalue weighted by Gasteiger charge is 2.49. The minimum Gasteiger partial charge on any atom is -0.0837 e. The maximum absolute atomic E-state index is 7.01. The van der Waals surface area contributed by atoms with Crippen LogP contribution in [0.1, 0.15) is 73.9 Å². The molecule has 4 aromatic rings. The van der Waals surface area contributed by atoms with Crippen molar-refractivity contribution in [1.82, 2.24) is 0 Å². The molecule has 0 atom stereocenters. The van der Waals surface area contributed by atoms with E-state index in [1.807, 2.05) is 6.07 Å². The molecule has 0 N–H and O–H groups in total. The summed E-state index contributed by atoms with van der Waals surface area (Å²) in [4.78, 5) is 0. The van der Waals surface area contributed by atoms with Crippen molar-refractivity contribution < 1.29 is 0 Å². The summed E-state index contributed by atoms with van der Waals surface area (Å²) < 4.78 is 0. The topological polar surface area (TPSA) is 0 Å². The SMILES string of the molecule is CC1(C)CCC(C)(C)c2cc3c(cc21)-c1c(Cl)cccc1C3(c1ccccc1)c1ccccc1. The monoisotopic (exact) mass is 462 g/mol. The molecule has 0 saturated carbocycles. The zero-order valence-electron chi connectivity index (χ0n) is 20.5. The Bertz CT molecular complexity index is 1350. The van der Waals surface area contributed by atoms with Crippen molar-refractivity contribution in [2.75, 3.05) is 0 Å². The molecule has 0 unspecified atom stereocenters.